The normalized spacial score (nSPS) is 24.6. The summed E-state index contributed by atoms with van der Waals surface area (Å²) < 4.78 is 0. The maximum absolute atomic E-state index is 4.71. The van der Waals surface area contributed by atoms with Crippen molar-refractivity contribution >= 4 is 0 Å². The molecule has 3 heteroatoms. The van der Waals surface area contributed by atoms with Crippen LogP contribution < -0.4 is 5.32 Å². The Balaban J connectivity index is 1.82. The third-order valence-corrected chi connectivity index (χ3v) is 5.92. The van der Waals surface area contributed by atoms with Gasteiger partial charge in [-0.05, 0) is 62.1 Å². The second-order valence-corrected chi connectivity index (χ2v) is 7.37. The molecule has 0 spiro atoms. The highest BCUT2D eigenvalue weighted by atomic mass is 15.1. The van der Waals surface area contributed by atoms with Crippen LogP contribution >= 0.6 is 0 Å². The van der Waals surface area contributed by atoms with Crippen LogP contribution in [0.1, 0.15) is 69.3 Å². The van der Waals surface area contributed by atoms with Crippen molar-refractivity contribution in [3.63, 3.8) is 0 Å². The molecule has 1 unspecified atom stereocenters. The number of piperidine rings is 1. The number of aromatic amines is 1. The van der Waals surface area contributed by atoms with Crippen molar-refractivity contribution in [3.05, 3.63) is 17.0 Å². The molecular formula is C17H29N3. The molecule has 0 bridgehead atoms. The molecule has 2 aliphatic rings. The van der Waals surface area contributed by atoms with E-state index in [9.17, 15) is 0 Å². The number of rotatable bonds is 3. The van der Waals surface area contributed by atoms with E-state index in [1.54, 1.807) is 5.56 Å². The quantitative estimate of drug-likeness (QED) is 0.887. The molecule has 0 radical (unpaired) electrons. The molecule has 1 aliphatic heterocycles. The standard InChI is InChI=1S/C17H29N3/c1-4-17(2,3)13-5-6-15-14(11-13)16(20-19-15)12-7-9-18-10-8-12/h12-13,18H,4-11H2,1-3H3,(H,19,20). The van der Waals surface area contributed by atoms with Crippen LogP contribution in [-0.2, 0) is 12.8 Å². The fourth-order valence-corrected chi connectivity index (χ4v) is 3.91. The zero-order chi connectivity index (χ0) is 14.2. The van der Waals surface area contributed by atoms with Crippen molar-refractivity contribution in [1.82, 2.24) is 15.5 Å². The maximum Gasteiger partial charge on any atom is 0.0688 e. The third kappa shape index (κ3) is 2.52. The van der Waals surface area contributed by atoms with E-state index in [0.29, 0.717) is 11.3 Å². The Morgan fingerprint density at radius 2 is 1.95 bits per heavy atom. The van der Waals surface area contributed by atoms with E-state index in [1.165, 1.54) is 49.9 Å². The molecule has 3 nitrogen and oxygen atoms in total. The van der Waals surface area contributed by atoms with Gasteiger partial charge >= 0.3 is 0 Å². The number of fused-ring (bicyclic) bond motifs is 1. The van der Waals surface area contributed by atoms with Gasteiger partial charge in [0.05, 0.1) is 5.69 Å². The summed E-state index contributed by atoms with van der Waals surface area (Å²) in [5.41, 5.74) is 4.87. The molecule has 2 N–H and O–H groups in total. The van der Waals surface area contributed by atoms with Crippen LogP contribution in [0.5, 0.6) is 0 Å². The highest BCUT2D eigenvalue weighted by molar-refractivity contribution is 5.31. The van der Waals surface area contributed by atoms with Crippen molar-refractivity contribution < 1.29 is 0 Å². The van der Waals surface area contributed by atoms with Gasteiger partial charge in [-0.1, -0.05) is 27.2 Å². The van der Waals surface area contributed by atoms with Gasteiger partial charge in [0, 0.05) is 11.6 Å². The van der Waals surface area contributed by atoms with Crippen LogP contribution in [0.15, 0.2) is 0 Å². The van der Waals surface area contributed by atoms with Crippen LogP contribution in [0.3, 0.4) is 0 Å². The summed E-state index contributed by atoms with van der Waals surface area (Å²) in [6.07, 6.45) is 7.53. The Kier molecular flexibility index (Phi) is 3.89. The first-order valence-electron chi connectivity index (χ1n) is 8.38. The Hall–Kier alpha value is -0.830. The number of H-pyrrole nitrogens is 1. The van der Waals surface area contributed by atoms with E-state index < -0.39 is 0 Å². The lowest BCUT2D eigenvalue weighted by Crippen LogP contribution is -2.30. The number of aryl methyl sites for hydroxylation is 1. The SMILES string of the molecule is CCC(C)(C)C1CCc2[nH]nc(C3CCNCC3)c2C1. The number of aromatic nitrogens is 2. The van der Waals surface area contributed by atoms with Crippen molar-refractivity contribution in [2.24, 2.45) is 11.3 Å². The Morgan fingerprint density at radius 1 is 1.20 bits per heavy atom. The minimum Gasteiger partial charge on any atom is -0.317 e. The first kappa shape index (κ1) is 14.1. The molecule has 1 aromatic heterocycles. The molecule has 3 rings (SSSR count). The lowest BCUT2D eigenvalue weighted by molar-refractivity contribution is 0.182. The highest BCUT2D eigenvalue weighted by Gasteiger charge is 2.34. The summed E-state index contributed by atoms with van der Waals surface area (Å²) in [6.45, 7) is 9.50. The zero-order valence-electron chi connectivity index (χ0n) is 13.3. The zero-order valence-corrected chi connectivity index (χ0v) is 13.3. The number of nitrogens with zero attached hydrogens (tertiary/aromatic N) is 1. The monoisotopic (exact) mass is 275 g/mol. The average Bonchev–Trinajstić information content (AvgIpc) is 2.91. The first-order chi connectivity index (χ1) is 9.62. The lowest BCUT2D eigenvalue weighted by atomic mass is 9.68. The Bertz CT molecular complexity index is 455. The second-order valence-electron chi connectivity index (χ2n) is 7.37. The summed E-state index contributed by atoms with van der Waals surface area (Å²) in [6, 6.07) is 0. The second kappa shape index (κ2) is 5.51. The van der Waals surface area contributed by atoms with Gasteiger partial charge in [-0.2, -0.15) is 5.10 Å². The minimum absolute atomic E-state index is 0.459. The van der Waals surface area contributed by atoms with Crippen molar-refractivity contribution in [2.45, 2.75) is 65.2 Å². The lowest BCUT2D eigenvalue weighted by Gasteiger charge is -2.36. The number of nitrogens with one attached hydrogen (secondary N) is 2. The molecule has 1 aliphatic carbocycles. The van der Waals surface area contributed by atoms with Gasteiger partial charge in [0.2, 0.25) is 0 Å². The van der Waals surface area contributed by atoms with Crippen LogP contribution in [0, 0.1) is 11.3 Å². The summed E-state index contributed by atoms with van der Waals surface area (Å²) in [4.78, 5) is 0. The molecule has 1 aromatic rings. The van der Waals surface area contributed by atoms with E-state index in [1.807, 2.05) is 0 Å². The first-order valence-corrected chi connectivity index (χ1v) is 8.38. The molecule has 0 amide bonds. The van der Waals surface area contributed by atoms with Crippen LogP contribution in [0.25, 0.3) is 0 Å². The molecular weight excluding hydrogens is 246 g/mol. The topological polar surface area (TPSA) is 40.7 Å². The van der Waals surface area contributed by atoms with Crippen LogP contribution in [0.4, 0.5) is 0 Å². The fraction of sp³-hybridized carbons (Fsp3) is 0.824. The van der Waals surface area contributed by atoms with Gasteiger partial charge < -0.3 is 5.32 Å². The van der Waals surface area contributed by atoms with Crippen molar-refractivity contribution in [1.29, 1.82) is 0 Å². The molecule has 1 fully saturated rings. The van der Waals surface area contributed by atoms with E-state index >= 15 is 0 Å². The number of hydrogen-bond acceptors (Lipinski definition) is 2. The van der Waals surface area contributed by atoms with Gasteiger partial charge in [0.15, 0.2) is 0 Å². The summed E-state index contributed by atoms with van der Waals surface area (Å²) in [5.74, 6) is 1.50. The Labute approximate surface area is 122 Å². The van der Waals surface area contributed by atoms with E-state index in [-0.39, 0.29) is 0 Å². The molecule has 1 saturated heterocycles. The van der Waals surface area contributed by atoms with E-state index in [4.69, 9.17) is 5.10 Å². The third-order valence-electron chi connectivity index (χ3n) is 5.92. The average molecular weight is 275 g/mol. The van der Waals surface area contributed by atoms with Gasteiger partial charge in [-0.3, -0.25) is 5.10 Å². The van der Waals surface area contributed by atoms with Gasteiger partial charge in [0.25, 0.3) is 0 Å². The van der Waals surface area contributed by atoms with Crippen LogP contribution in [-0.4, -0.2) is 23.3 Å². The molecule has 0 aromatic carbocycles. The van der Waals surface area contributed by atoms with Gasteiger partial charge in [-0.15, -0.1) is 0 Å². The van der Waals surface area contributed by atoms with E-state index in [0.717, 1.165) is 19.0 Å². The summed E-state index contributed by atoms with van der Waals surface area (Å²) in [5, 5.41) is 11.5. The minimum atomic E-state index is 0.459. The Morgan fingerprint density at radius 3 is 2.65 bits per heavy atom. The van der Waals surface area contributed by atoms with Gasteiger partial charge in [-0.25, -0.2) is 0 Å². The molecule has 0 saturated carbocycles. The summed E-state index contributed by atoms with van der Waals surface area (Å²) in [7, 11) is 0. The molecule has 20 heavy (non-hydrogen) atoms. The molecule has 2 heterocycles. The fourth-order valence-electron chi connectivity index (χ4n) is 3.91. The van der Waals surface area contributed by atoms with Gasteiger partial charge in [0.1, 0.15) is 0 Å². The van der Waals surface area contributed by atoms with Crippen LogP contribution in [0.2, 0.25) is 0 Å². The maximum atomic E-state index is 4.71. The number of hydrogen-bond donors (Lipinski definition) is 2. The largest absolute Gasteiger partial charge is 0.317 e. The molecule has 112 valence electrons. The predicted octanol–water partition coefficient (Wildman–Crippen LogP) is 3.42. The van der Waals surface area contributed by atoms with E-state index in [2.05, 4.69) is 31.2 Å². The highest BCUT2D eigenvalue weighted by Crippen LogP contribution is 2.41. The van der Waals surface area contributed by atoms with Crippen molar-refractivity contribution in [2.75, 3.05) is 13.1 Å². The van der Waals surface area contributed by atoms with Crippen molar-refractivity contribution in [3.8, 4) is 0 Å². The summed E-state index contributed by atoms with van der Waals surface area (Å²) >= 11 is 0. The smallest absolute Gasteiger partial charge is 0.0688 e. The molecule has 1 atom stereocenters. The predicted molar refractivity (Wildman–Crippen MR) is 83.0 cm³/mol.